The highest BCUT2D eigenvalue weighted by Gasteiger charge is 2.13. The fraction of sp³-hybridized carbons (Fsp3) is 0.333. The summed E-state index contributed by atoms with van der Waals surface area (Å²) in [5, 5.41) is 4.19. The molecule has 0 saturated carbocycles. The van der Waals surface area contributed by atoms with Crippen molar-refractivity contribution in [3.05, 3.63) is 36.2 Å². The summed E-state index contributed by atoms with van der Waals surface area (Å²) in [5.74, 6) is 0.650. The van der Waals surface area contributed by atoms with Gasteiger partial charge in [-0.15, -0.1) is 0 Å². The largest absolute Gasteiger partial charge is 0.462 e. The smallest absolute Gasteiger partial charge is 0.340 e. The van der Waals surface area contributed by atoms with Crippen LogP contribution >= 0.6 is 0 Å². The first kappa shape index (κ1) is 14.9. The number of nitrogens with zero attached hydrogens (tertiary/aromatic N) is 2. The summed E-state index contributed by atoms with van der Waals surface area (Å²) in [4.78, 5) is 11.8. The molecule has 2 aromatic rings. The van der Waals surface area contributed by atoms with Crippen LogP contribution in [-0.4, -0.2) is 22.4 Å². The normalized spacial score (nSPS) is 10.7. The summed E-state index contributed by atoms with van der Waals surface area (Å²) >= 11 is 0. The lowest BCUT2D eigenvalue weighted by Crippen LogP contribution is -2.08. The highest BCUT2D eigenvalue weighted by atomic mass is 16.5. The molecule has 0 aliphatic carbocycles. The second-order valence-electron chi connectivity index (χ2n) is 4.82. The molecular weight excluding hydrogens is 270 g/mol. The Morgan fingerprint density at radius 2 is 2.14 bits per heavy atom. The highest BCUT2D eigenvalue weighted by Crippen LogP contribution is 2.26. The number of ether oxygens (including phenoxy) is 2. The minimum absolute atomic E-state index is 0.254. The van der Waals surface area contributed by atoms with Crippen molar-refractivity contribution in [1.29, 1.82) is 0 Å². The van der Waals surface area contributed by atoms with E-state index in [4.69, 9.17) is 15.2 Å². The molecule has 0 amide bonds. The van der Waals surface area contributed by atoms with Gasteiger partial charge < -0.3 is 15.2 Å². The van der Waals surface area contributed by atoms with Crippen molar-refractivity contribution in [3.63, 3.8) is 0 Å². The van der Waals surface area contributed by atoms with Crippen LogP contribution in [0.4, 0.5) is 5.69 Å². The van der Waals surface area contributed by atoms with E-state index in [1.54, 1.807) is 42.2 Å². The molecule has 2 rings (SSSR count). The lowest BCUT2D eigenvalue weighted by molar-refractivity contribution is 0.0527. The van der Waals surface area contributed by atoms with Crippen LogP contribution in [0.1, 0.15) is 37.2 Å². The molecule has 0 bridgehead atoms. The number of esters is 1. The Morgan fingerprint density at radius 3 is 2.76 bits per heavy atom. The number of hydrogen-bond donors (Lipinski definition) is 1. The lowest BCUT2D eigenvalue weighted by Gasteiger charge is -2.08. The van der Waals surface area contributed by atoms with Gasteiger partial charge >= 0.3 is 5.97 Å². The summed E-state index contributed by atoms with van der Waals surface area (Å²) in [7, 11) is 0. The van der Waals surface area contributed by atoms with Gasteiger partial charge in [-0.3, -0.25) is 4.68 Å². The van der Waals surface area contributed by atoms with E-state index in [-0.39, 0.29) is 6.04 Å². The summed E-state index contributed by atoms with van der Waals surface area (Å²) in [6.45, 7) is 6.09. The van der Waals surface area contributed by atoms with Crippen LogP contribution in [0, 0.1) is 0 Å². The first-order chi connectivity index (χ1) is 10.0. The van der Waals surface area contributed by atoms with E-state index in [0.717, 1.165) is 0 Å². The lowest BCUT2D eigenvalue weighted by atomic mass is 10.2. The van der Waals surface area contributed by atoms with E-state index < -0.39 is 5.97 Å². The van der Waals surface area contributed by atoms with E-state index in [1.165, 1.54) is 0 Å². The topological polar surface area (TPSA) is 79.4 Å². The zero-order valence-electron chi connectivity index (χ0n) is 12.4. The van der Waals surface area contributed by atoms with Crippen molar-refractivity contribution in [1.82, 2.24) is 9.78 Å². The standard InChI is InChI=1S/C15H19N3O3/c1-4-20-15(19)13-7-11(5-6-14(13)16)21-12-8-17-18(9-12)10(2)3/h5-10H,4,16H2,1-3H3. The fourth-order valence-electron chi connectivity index (χ4n) is 1.78. The van der Waals surface area contributed by atoms with Crippen molar-refractivity contribution in [2.75, 3.05) is 12.3 Å². The Hall–Kier alpha value is -2.50. The second-order valence-corrected chi connectivity index (χ2v) is 4.82. The first-order valence-corrected chi connectivity index (χ1v) is 6.80. The zero-order valence-corrected chi connectivity index (χ0v) is 12.4. The van der Waals surface area contributed by atoms with E-state index >= 15 is 0 Å². The van der Waals surface area contributed by atoms with Gasteiger partial charge in [-0.2, -0.15) is 5.10 Å². The third-order valence-corrected chi connectivity index (χ3v) is 2.86. The van der Waals surface area contributed by atoms with E-state index in [9.17, 15) is 4.79 Å². The number of aromatic nitrogens is 2. The van der Waals surface area contributed by atoms with E-state index in [2.05, 4.69) is 5.10 Å². The summed E-state index contributed by atoms with van der Waals surface area (Å²) in [6, 6.07) is 5.14. The maximum atomic E-state index is 11.8. The van der Waals surface area contributed by atoms with Crippen molar-refractivity contribution >= 4 is 11.7 Å². The number of carbonyl (C=O) groups excluding carboxylic acids is 1. The zero-order chi connectivity index (χ0) is 15.4. The number of nitrogens with two attached hydrogens (primary N) is 1. The maximum absolute atomic E-state index is 11.8. The van der Waals surface area contributed by atoms with Gasteiger partial charge in [0.05, 0.1) is 24.6 Å². The monoisotopic (exact) mass is 289 g/mol. The third-order valence-electron chi connectivity index (χ3n) is 2.86. The van der Waals surface area contributed by atoms with Crippen molar-refractivity contribution in [2.45, 2.75) is 26.8 Å². The van der Waals surface area contributed by atoms with Gasteiger partial charge in [-0.1, -0.05) is 0 Å². The van der Waals surface area contributed by atoms with Crippen LogP contribution < -0.4 is 10.5 Å². The predicted octanol–water partition coefficient (Wildman–Crippen LogP) is 3.02. The molecule has 0 aliphatic heterocycles. The molecule has 0 aliphatic rings. The van der Waals surface area contributed by atoms with Gasteiger partial charge in [0, 0.05) is 11.7 Å². The molecule has 21 heavy (non-hydrogen) atoms. The molecule has 0 spiro atoms. The number of hydrogen-bond acceptors (Lipinski definition) is 5. The van der Waals surface area contributed by atoms with Crippen LogP contribution in [0.15, 0.2) is 30.6 Å². The molecule has 0 unspecified atom stereocenters. The first-order valence-electron chi connectivity index (χ1n) is 6.80. The molecule has 112 valence electrons. The van der Waals surface area contributed by atoms with Crippen LogP contribution in [0.25, 0.3) is 0 Å². The Labute approximate surface area is 123 Å². The Balaban J connectivity index is 2.20. The molecule has 1 aromatic heterocycles. The van der Waals surface area contributed by atoms with Crippen molar-refractivity contribution in [2.24, 2.45) is 0 Å². The summed E-state index contributed by atoms with van der Waals surface area (Å²) in [6.07, 6.45) is 3.42. The number of benzene rings is 1. The van der Waals surface area contributed by atoms with Gasteiger partial charge in [0.25, 0.3) is 0 Å². The van der Waals surface area contributed by atoms with Crippen molar-refractivity contribution < 1.29 is 14.3 Å². The van der Waals surface area contributed by atoms with Crippen LogP contribution in [0.2, 0.25) is 0 Å². The molecule has 6 nitrogen and oxygen atoms in total. The summed E-state index contributed by atoms with van der Waals surface area (Å²) < 4.78 is 12.4. The second kappa shape index (κ2) is 6.30. The van der Waals surface area contributed by atoms with Crippen molar-refractivity contribution in [3.8, 4) is 11.5 Å². The third kappa shape index (κ3) is 3.53. The quantitative estimate of drug-likeness (QED) is 0.676. The van der Waals surface area contributed by atoms with Gasteiger partial charge in [0.2, 0.25) is 0 Å². The Kier molecular flexibility index (Phi) is 4.47. The summed E-state index contributed by atoms with van der Waals surface area (Å²) in [5.41, 5.74) is 6.44. The minimum Gasteiger partial charge on any atom is -0.462 e. The minimum atomic E-state index is -0.460. The molecule has 0 radical (unpaired) electrons. The number of carbonyl (C=O) groups is 1. The molecule has 6 heteroatoms. The van der Waals surface area contributed by atoms with Crippen LogP contribution in [0.3, 0.4) is 0 Å². The van der Waals surface area contributed by atoms with E-state index in [1.807, 2.05) is 13.8 Å². The molecule has 0 saturated heterocycles. The van der Waals surface area contributed by atoms with E-state index in [0.29, 0.717) is 29.4 Å². The van der Waals surface area contributed by atoms with Crippen LogP contribution in [-0.2, 0) is 4.74 Å². The fourth-order valence-corrected chi connectivity index (χ4v) is 1.78. The Bertz CT molecular complexity index is 635. The molecule has 0 atom stereocenters. The molecule has 0 fully saturated rings. The average Bonchev–Trinajstić information content (AvgIpc) is 2.90. The number of nitrogen functional groups attached to an aromatic ring is 1. The number of rotatable bonds is 5. The van der Waals surface area contributed by atoms with Gasteiger partial charge in [-0.05, 0) is 39.0 Å². The van der Waals surface area contributed by atoms with Crippen LogP contribution in [0.5, 0.6) is 11.5 Å². The molecular formula is C15H19N3O3. The maximum Gasteiger partial charge on any atom is 0.340 e. The predicted molar refractivity (Wildman–Crippen MR) is 79.5 cm³/mol. The molecule has 1 aromatic carbocycles. The molecule has 2 N–H and O–H groups in total. The molecule has 1 heterocycles. The SMILES string of the molecule is CCOC(=O)c1cc(Oc2cnn(C(C)C)c2)ccc1N. The van der Waals surface area contributed by atoms with Gasteiger partial charge in [0.1, 0.15) is 5.75 Å². The van der Waals surface area contributed by atoms with Gasteiger partial charge in [-0.25, -0.2) is 4.79 Å². The average molecular weight is 289 g/mol. The highest BCUT2D eigenvalue weighted by molar-refractivity contribution is 5.95. The van der Waals surface area contributed by atoms with Gasteiger partial charge in [0.15, 0.2) is 5.75 Å². The Morgan fingerprint density at radius 1 is 1.38 bits per heavy atom. The number of anilines is 1.